The summed E-state index contributed by atoms with van der Waals surface area (Å²) in [7, 11) is 0. The predicted octanol–water partition coefficient (Wildman–Crippen LogP) is 2.97. The molecule has 1 aliphatic carbocycles. The maximum Gasteiger partial charge on any atom is 0.260 e. The van der Waals surface area contributed by atoms with Crippen LogP contribution in [0.25, 0.3) is 0 Å². The third-order valence-electron chi connectivity index (χ3n) is 5.42. The van der Waals surface area contributed by atoms with Gasteiger partial charge in [-0.05, 0) is 56.4 Å². The van der Waals surface area contributed by atoms with Crippen molar-refractivity contribution in [3.05, 3.63) is 63.6 Å². The van der Waals surface area contributed by atoms with Crippen LogP contribution in [0.2, 0.25) is 0 Å². The Morgan fingerprint density at radius 3 is 2.52 bits per heavy atom. The molecule has 0 radical (unpaired) electrons. The number of amides is 1. The lowest BCUT2D eigenvalue weighted by atomic mass is 10.1. The Bertz CT molecular complexity index is 1000. The van der Waals surface area contributed by atoms with Crippen LogP contribution >= 0.6 is 0 Å². The highest BCUT2D eigenvalue weighted by molar-refractivity contribution is 5.78. The van der Waals surface area contributed by atoms with E-state index in [9.17, 15) is 9.59 Å². The monoisotopic (exact) mass is 390 g/mol. The molecular weight excluding hydrogens is 364 g/mol. The molecule has 4 rings (SSSR count). The molecule has 0 unspecified atom stereocenters. The first kappa shape index (κ1) is 19.3. The molecule has 1 amide bonds. The van der Waals surface area contributed by atoms with Crippen molar-refractivity contribution in [1.29, 1.82) is 0 Å². The van der Waals surface area contributed by atoms with Crippen LogP contribution in [0.5, 0.6) is 5.75 Å². The summed E-state index contributed by atoms with van der Waals surface area (Å²) in [5.41, 5.74) is 2.73. The van der Waals surface area contributed by atoms with E-state index < -0.39 is 0 Å². The smallest absolute Gasteiger partial charge is 0.260 e. The quantitative estimate of drug-likeness (QED) is 0.738. The topological polar surface area (TPSA) is 51.5 Å². The number of aryl methyl sites for hydroxylation is 1. The molecule has 2 heterocycles. The maximum absolute atomic E-state index is 12.6. The summed E-state index contributed by atoms with van der Waals surface area (Å²) in [5.74, 6) is 7.48. The fraction of sp³-hybridized carbons (Fsp3) is 0.417. The second-order valence-corrected chi connectivity index (χ2v) is 7.87. The summed E-state index contributed by atoms with van der Waals surface area (Å²) < 4.78 is 7.30. The van der Waals surface area contributed by atoms with Crippen LogP contribution < -0.4 is 10.3 Å². The van der Waals surface area contributed by atoms with Crippen LogP contribution in [-0.2, 0) is 11.3 Å². The Kier molecular flexibility index (Phi) is 5.71. The molecule has 1 aromatic carbocycles. The maximum atomic E-state index is 12.6. The highest BCUT2D eigenvalue weighted by atomic mass is 16.5. The summed E-state index contributed by atoms with van der Waals surface area (Å²) in [6.45, 7) is 3.95. The molecule has 5 heteroatoms. The third-order valence-corrected chi connectivity index (χ3v) is 5.42. The van der Waals surface area contributed by atoms with E-state index in [0.29, 0.717) is 18.2 Å². The fourth-order valence-corrected chi connectivity index (χ4v) is 3.48. The number of likely N-dealkylation sites (tertiary alicyclic amines) is 1. The van der Waals surface area contributed by atoms with Crippen LogP contribution in [0.4, 0.5) is 0 Å². The molecule has 1 aromatic heterocycles. The molecular formula is C24H26N2O3. The Labute approximate surface area is 171 Å². The number of carbonyl (C=O) groups excluding carboxylic acids is 1. The van der Waals surface area contributed by atoms with Gasteiger partial charge in [-0.3, -0.25) is 9.59 Å². The number of pyridine rings is 1. The number of aromatic nitrogens is 1. The van der Waals surface area contributed by atoms with Crippen molar-refractivity contribution in [3.8, 4) is 17.6 Å². The average molecular weight is 390 g/mol. The van der Waals surface area contributed by atoms with Gasteiger partial charge in [0.05, 0.1) is 6.54 Å². The molecule has 150 valence electrons. The number of rotatable bonds is 5. The molecule has 5 nitrogen and oxygen atoms in total. The van der Waals surface area contributed by atoms with Gasteiger partial charge >= 0.3 is 0 Å². The minimum absolute atomic E-state index is 0.0193. The van der Waals surface area contributed by atoms with Gasteiger partial charge in [0.25, 0.3) is 11.5 Å². The van der Waals surface area contributed by atoms with Gasteiger partial charge in [0.2, 0.25) is 0 Å². The van der Waals surface area contributed by atoms with Crippen molar-refractivity contribution >= 4 is 5.91 Å². The van der Waals surface area contributed by atoms with Gasteiger partial charge in [0.15, 0.2) is 6.61 Å². The Balaban J connectivity index is 1.39. The van der Waals surface area contributed by atoms with E-state index in [1.54, 1.807) is 4.57 Å². The van der Waals surface area contributed by atoms with E-state index in [-0.39, 0.29) is 18.1 Å². The van der Waals surface area contributed by atoms with Gasteiger partial charge in [0, 0.05) is 36.3 Å². The zero-order valence-electron chi connectivity index (χ0n) is 16.8. The Morgan fingerprint density at radius 1 is 1.14 bits per heavy atom. The summed E-state index contributed by atoms with van der Waals surface area (Å²) in [5, 5.41) is 0. The zero-order chi connectivity index (χ0) is 20.2. The minimum atomic E-state index is -0.133. The number of hydrogen-bond donors (Lipinski definition) is 0. The molecule has 2 fully saturated rings. The highest BCUT2D eigenvalue weighted by Crippen LogP contribution is 2.27. The standard InChI is InChI=1S/C24H26N2O3/c1-18-14-22(29-17-24(28)25-12-2-3-13-25)15-23(27)26(18)16-21-10-8-20(9-11-21)7-6-19-4-5-19/h8-11,14-15,19H,2-5,12-13,16-17H2,1H3. The molecule has 1 saturated carbocycles. The lowest BCUT2D eigenvalue weighted by Crippen LogP contribution is -2.32. The molecule has 2 aliphatic rings. The van der Waals surface area contributed by atoms with Gasteiger partial charge < -0.3 is 14.2 Å². The molecule has 0 atom stereocenters. The normalized spacial score (nSPS) is 15.7. The van der Waals surface area contributed by atoms with E-state index in [4.69, 9.17) is 4.74 Å². The third kappa shape index (κ3) is 5.08. The summed E-state index contributed by atoms with van der Waals surface area (Å²) >= 11 is 0. The first-order valence-corrected chi connectivity index (χ1v) is 10.3. The summed E-state index contributed by atoms with van der Waals surface area (Å²) in [6.07, 6.45) is 4.54. The van der Waals surface area contributed by atoms with Crippen molar-refractivity contribution in [2.45, 2.75) is 39.2 Å². The van der Waals surface area contributed by atoms with E-state index in [1.807, 2.05) is 42.2 Å². The van der Waals surface area contributed by atoms with E-state index >= 15 is 0 Å². The molecule has 0 spiro atoms. The zero-order valence-corrected chi connectivity index (χ0v) is 16.8. The Hall–Kier alpha value is -3.00. The van der Waals surface area contributed by atoms with Gasteiger partial charge in [-0.15, -0.1) is 0 Å². The van der Waals surface area contributed by atoms with Crippen molar-refractivity contribution in [2.24, 2.45) is 5.92 Å². The number of nitrogens with zero attached hydrogens (tertiary/aromatic N) is 2. The fourth-order valence-electron chi connectivity index (χ4n) is 3.48. The van der Waals surface area contributed by atoms with Crippen molar-refractivity contribution in [1.82, 2.24) is 9.47 Å². The summed E-state index contributed by atoms with van der Waals surface area (Å²) in [4.78, 5) is 26.5. The molecule has 2 aromatic rings. The first-order chi connectivity index (χ1) is 14.1. The highest BCUT2D eigenvalue weighted by Gasteiger charge is 2.19. The van der Waals surface area contributed by atoms with E-state index in [0.717, 1.165) is 42.8 Å². The van der Waals surface area contributed by atoms with E-state index in [1.165, 1.54) is 18.9 Å². The lowest BCUT2D eigenvalue weighted by molar-refractivity contribution is -0.132. The van der Waals surface area contributed by atoms with Gasteiger partial charge in [-0.25, -0.2) is 0 Å². The average Bonchev–Trinajstić information content (AvgIpc) is 3.38. The molecule has 0 bridgehead atoms. The SMILES string of the molecule is Cc1cc(OCC(=O)N2CCCC2)cc(=O)n1Cc1ccc(C#CC2CC2)cc1. The second kappa shape index (κ2) is 8.57. The van der Waals surface area contributed by atoms with Gasteiger partial charge in [-0.1, -0.05) is 24.0 Å². The number of carbonyl (C=O) groups is 1. The van der Waals surface area contributed by atoms with Crippen LogP contribution in [0.3, 0.4) is 0 Å². The first-order valence-electron chi connectivity index (χ1n) is 10.3. The number of ether oxygens (including phenoxy) is 1. The molecule has 29 heavy (non-hydrogen) atoms. The van der Waals surface area contributed by atoms with Gasteiger partial charge in [-0.2, -0.15) is 0 Å². The van der Waals surface area contributed by atoms with E-state index in [2.05, 4.69) is 11.8 Å². The lowest BCUT2D eigenvalue weighted by Gasteiger charge is -2.16. The van der Waals surface area contributed by atoms with Crippen LogP contribution in [-0.4, -0.2) is 35.1 Å². The van der Waals surface area contributed by atoms with Crippen molar-refractivity contribution in [2.75, 3.05) is 19.7 Å². The Morgan fingerprint density at radius 2 is 1.86 bits per heavy atom. The predicted molar refractivity (Wildman–Crippen MR) is 112 cm³/mol. The largest absolute Gasteiger partial charge is 0.484 e. The van der Waals surface area contributed by atoms with Crippen molar-refractivity contribution in [3.63, 3.8) is 0 Å². The molecule has 1 saturated heterocycles. The van der Waals surface area contributed by atoms with Crippen LogP contribution in [0, 0.1) is 24.7 Å². The number of hydrogen-bond acceptors (Lipinski definition) is 3. The summed E-state index contributed by atoms with van der Waals surface area (Å²) in [6, 6.07) is 11.3. The van der Waals surface area contributed by atoms with Gasteiger partial charge in [0.1, 0.15) is 5.75 Å². The van der Waals surface area contributed by atoms with Crippen LogP contribution in [0.1, 0.15) is 42.5 Å². The molecule has 0 N–H and O–H groups in total. The second-order valence-electron chi connectivity index (χ2n) is 7.87. The molecule has 1 aliphatic heterocycles. The van der Waals surface area contributed by atoms with Crippen LogP contribution in [0.15, 0.2) is 41.2 Å². The number of benzene rings is 1. The van der Waals surface area contributed by atoms with Crippen molar-refractivity contribution < 1.29 is 9.53 Å². The minimum Gasteiger partial charge on any atom is -0.484 e.